The van der Waals surface area contributed by atoms with E-state index in [9.17, 15) is 4.79 Å². The molecule has 1 unspecified atom stereocenters. The predicted octanol–water partition coefficient (Wildman–Crippen LogP) is 3.04. The van der Waals surface area contributed by atoms with Gasteiger partial charge in [0.15, 0.2) is 0 Å². The highest BCUT2D eigenvalue weighted by atomic mass is 16.5. The molecule has 4 nitrogen and oxygen atoms in total. The molecule has 1 saturated heterocycles. The molecule has 1 amide bonds. The number of rotatable bonds is 4. The molecule has 0 saturated carbocycles. The largest absolute Gasteiger partial charge is 0.398 e. The Hall–Kier alpha value is -1.55. The van der Waals surface area contributed by atoms with E-state index in [1.165, 1.54) is 0 Å². The molecular formula is C17H26N2O2. The van der Waals surface area contributed by atoms with E-state index in [1.54, 1.807) is 6.07 Å². The van der Waals surface area contributed by atoms with Crippen LogP contribution >= 0.6 is 0 Å². The van der Waals surface area contributed by atoms with Crippen LogP contribution in [0.3, 0.4) is 0 Å². The summed E-state index contributed by atoms with van der Waals surface area (Å²) in [5.74, 6) is -0.0466. The third kappa shape index (κ3) is 3.56. The molecule has 4 heteroatoms. The Bertz CT molecular complexity index is 510. The smallest absolute Gasteiger partial charge is 0.251 e. The van der Waals surface area contributed by atoms with Gasteiger partial charge in [-0.1, -0.05) is 19.9 Å². The lowest BCUT2D eigenvalue weighted by Crippen LogP contribution is -2.48. The van der Waals surface area contributed by atoms with E-state index in [0.29, 0.717) is 17.9 Å². The lowest BCUT2D eigenvalue weighted by molar-refractivity contribution is -0.0917. The van der Waals surface area contributed by atoms with Gasteiger partial charge in [-0.2, -0.15) is 0 Å². The molecule has 0 spiro atoms. The van der Waals surface area contributed by atoms with Crippen molar-refractivity contribution in [3.63, 3.8) is 0 Å². The van der Waals surface area contributed by atoms with Gasteiger partial charge in [-0.25, -0.2) is 0 Å². The minimum absolute atomic E-state index is 0.0466. The van der Waals surface area contributed by atoms with E-state index in [0.717, 1.165) is 31.2 Å². The Balaban J connectivity index is 2.03. The molecule has 1 atom stereocenters. The number of nitrogens with two attached hydrogens (primary N) is 1. The van der Waals surface area contributed by atoms with Gasteiger partial charge in [-0.15, -0.1) is 0 Å². The standard InChI is InChI=1S/C17H26N2O2/c1-4-17(5-2)11-14(8-9-21-17)19-16(20)13-7-6-12(3)15(18)10-13/h6-7,10,14H,4-5,8-9,11,18H2,1-3H3,(H,19,20). The number of hydrogen-bond donors (Lipinski definition) is 2. The van der Waals surface area contributed by atoms with Crippen molar-refractivity contribution in [1.82, 2.24) is 5.32 Å². The Morgan fingerprint density at radius 3 is 2.76 bits per heavy atom. The second kappa shape index (κ2) is 6.48. The van der Waals surface area contributed by atoms with E-state index in [1.807, 2.05) is 19.1 Å². The summed E-state index contributed by atoms with van der Waals surface area (Å²) in [6.07, 6.45) is 3.71. The van der Waals surface area contributed by atoms with E-state index in [-0.39, 0.29) is 17.6 Å². The molecule has 1 aliphatic rings. The number of nitrogen functional groups attached to an aromatic ring is 1. The first-order chi connectivity index (χ1) is 9.99. The molecule has 1 aliphatic heterocycles. The summed E-state index contributed by atoms with van der Waals surface area (Å²) in [4.78, 5) is 12.4. The summed E-state index contributed by atoms with van der Waals surface area (Å²) in [5.41, 5.74) is 8.08. The normalized spacial score (nSPS) is 21.0. The highest BCUT2D eigenvalue weighted by molar-refractivity contribution is 5.95. The topological polar surface area (TPSA) is 64.4 Å². The van der Waals surface area contributed by atoms with Gasteiger partial charge >= 0.3 is 0 Å². The zero-order valence-electron chi connectivity index (χ0n) is 13.2. The molecule has 1 aromatic rings. The molecule has 116 valence electrons. The third-order valence-electron chi connectivity index (χ3n) is 4.66. The third-order valence-corrected chi connectivity index (χ3v) is 4.66. The maximum atomic E-state index is 12.4. The number of carbonyl (C=O) groups is 1. The number of amides is 1. The maximum absolute atomic E-state index is 12.4. The lowest BCUT2D eigenvalue weighted by Gasteiger charge is -2.40. The number of carbonyl (C=O) groups excluding carboxylic acids is 1. The van der Waals surface area contributed by atoms with Crippen LogP contribution < -0.4 is 11.1 Å². The van der Waals surface area contributed by atoms with Crippen LogP contribution in [0, 0.1) is 6.92 Å². The molecule has 1 fully saturated rings. The first-order valence-electron chi connectivity index (χ1n) is 7.80. The second-order valence-electron chi connectivity index (χ2n) is 5.97. The Morgan fingerprint density at radius 2 is 2.14 bits per heavy atom. The SMILES string of the molecule is CCC1(CC)CC(NC(=O)c2ccc(C)c(N)c2)CCO1. The Morgan fingerprint density at radius 1 is 1.43 bits per heavy atom. The molecule has 0 bridgehead atoms. The highest BCUT2D eigenvalue weighted by Gasteiger charge is 2.35. The summed E-state index contributed by atoms with van der Waals surface area (Å²) >= 11 is 0. The summed E-state index contributed by atoms with van der Waals surface area (Å²) < 4.78 is 5.94. The lowest BCUT2D eigenvalue weighted by atomic mass is 9.86. The first kappa shape index (κ1) is 15.8. The summed E-state index contributed by atoms with van der Waals surface area (Å²) in [6.45, 7) is 6.94. The van der Waals surface area contributed by atoms with Crippen LogP contribution in [0.4, 0.5) is 5.69 Å². The van der Waals surface area contributed by atoms with Crippen molar-refractivity contribution in [2.75, 3.05) is 12.3 Å². The fourth-order valence-electron chi connectivity index (χ4n) is 2.94. The van der Waals surface area contributed by atoms with Crippen molar-refractivity contribution in [2.24, 2.45) is 0 Å². The molecule has 21 heavy (non-hydrogen) atoms. The van der Waals surface area contributed by atoms with Gasteiger partial charge in [0.05, 0.1) is 5.60 Å². The maximum Gasteiger partial charge on any atom is 0.251 e. The van der Waals surface area contributed by atoms with Crippen molar-refractivity contribution in [1.29, 1.82) is 0 Å². The van der Waals surface area contributed by atoms with Crippen molar-refractivity contribution in [2.45, 2.75) is 58.1 Å². The fourth-order valence-corrected chi connectivity index (χ4v) is 2.94. The van der Waals surface area contributed by atoms with E-state index >= 15 is 0 Å². The van der Waals surface area contributed by atoms with Crippen molar-refractivity contribution >= 4 is 11.6 Å². The molecule has 2 rings (SSSR count). The molecule has 1 heterocycles. The van der Waals surface area contributed by atoms with Crippen LogP contribution in [0.5, 0.6) is 0 Å². The Labute approximate surface area is 127 Å². The fraction of sp³-hybridized carbons (Fsp3) is 0.588. The molecule has 1 aromatic carbocycles. The number of hydrogen-bond acceptors (Lipinski definition) is 3. The first-order valence-corrected chi connectivity index (χ1v) is 7.80. The molecule has 0 aliphatic carbocycles. The van der Waals surface area contributed by atoms with Crippen molar-refractivity contribution in [3.8, 4) is 0 Å². The van der Waals surface area contributed by atoms with Crippen LogP contribution in [0.2, 0.25) is 0 Å². The average Bonchev–Trinajstić information content (AvgIpc) is 2.50. The number of ether oxygens (including phenoxy) is 1. The van der Waals surface area contributed by atoms with E-state index in [2.05, 4.69) is 19.2 Å². The van der Waals surface area contributed by atoms with Gasteiger partial charge in [-0.3, -0.25) is 4.79 Å². The highest BCUT2D eigenvalue weighted by Crippen LogP contribution is 2.31. The number of anilines is 1. The minimum Gasteiger partial charge on any atom is -0.398 e. The van der Waals surface area contributed by atoms with Gasteiger partial charge in [0.2, 0.25) is 0 Å². The molecule has 0 aromatic heterocycles. The van der Waals surface area contributed by atoms with Crippen LogP contribution in [-0.4, -0.2) is 24.2 Å². The predicted molar refractivity (Wildman–Crippen MR) is 85.3 cm³/mol. The summed E-state index contributed by atoms with van der Waals surface area (Å²) in [6, 6.07) is 5.63. The van der Waals surface area contributed by atoms with Crippen LogP contribution in [0.1, 0.15) is 55.5 Å². The molecule has 0 radical (unpaired) electrons. The second-order valence-corrected chi connectivity index (χ2v) is 5.97. The average molecular weight is 290 g/mol. The monoisotopic (exact) mass is 290 g/mol. The van der Waals surface area contributed by atoms with Crippen LogP contribution in [0.15, 0.2) is 18.2 Å². The van der Waals surface area contributed by atoms with Crippen molar-refractivity contribution < 1.29 is 9.53 Å². The van der Waals surface area contributed by atoms with Crippen molar-refractivity contribution in [3.05, 3.63) is 29.3 Å². The number of benzene rings is 1. The quantitative estimate of drug-likeness (QED) is 0.838. The van der Waals surface area contributed by atoms with Crippen LogP contribution in [0.25, 0.3) is 0 Å². The zero-order valence-corrected chi connectivity index (χ0v) is 13.2. The van der Waals surface area contributed by atoms with Gasteiger partial charge in [-0.05, 0) is 50.3 Å². The summed E-state index contributed by atoms with van der Waals surface area (Å²) in [5, 5.41) is 3.13. The Kier molecular flexibility index (Phi) is 4.88. The van der Waals surface area contributed by atoms with Gasteiger partial charge in [0, 0.05) is 23.9 Å². The zero-order chi connectivity index (χ0) is 15.5. The number of nitrogens with one attached hydrogen (secondary N) is 1. The van der Waals surface area contributed by atoms with Crippen LogP contribution in [-0.2, 0) is 4.74 Å². The molecular weight excluding hydrogens is 264 g/mol. The minimum atomic E-state index is -0.0809. The van der Waals surface area contributed by atoms with Gasteiger partial charge in [0.1, 0.15) is 0 Å². The van der Waals surface area contributed by atoms with E-state index < -0.39 is 0 Å². The number of aryl methyl sites for hydroxylation is 1. The van der Waals surface area contributed by atoms with Gasteiger partial charge < -0.3 is 15.8 Å². The van der Waals surface area contributed by atoms with Gasteiger partial charge in [0.25, 0.3) is 5.91 Å². The molecule has 3 N–H and O–H groups in total. The van der Waals surface area contributed by atoms with E-state index in [4.69, 9.17) is 10.5 Å². The summed E-state index contributed by atoms with van der Waals surface area (Å²) in [7, 11) is 0.